The summed E-state index contributed by atoms with van der Waals surface area (Å²) in [4.78, 5) is 11.3. The van der Waals surface area contributed by atoms with Crippen molar-refractivity contribution in [1.29, 1.82) is 0 Å². The highest BCUT2D eigenvalue weighted by Gasteiger charge is 2.01. The fourth-order valence-corrected chi connectivity index (χ4v) is 2.44. The number of carbonyl (C=O) groups excluding carboxylic acids is 1. The van der Waals surface area contributed by atoms with Crippen LogP contribution in [0.3, 0.4) is 0 Å². The minimum absolute atomic E-state index is 0.0597. The van der Waals surface area contributed by atoms with Crippen molar-refractivity contribution in [3.63, 3.8) is 0 Å². The van der Waals surface area contributed by atoms with Crippen LogP contribution in [-0.4, -0.2) is 19.1 Å². The van der Waals surface area contributed by atoms with Gasteiger partial charge in [-0.05, 0) is 25.8 Å². The van der Waals surface area contributed by atoms with Gasteiger partial charge in [-0.3, -0.25) is 4.79 Å². The number of unbranched alkanes of at least 4 members (excludes halogenated alkanes) is 11. The van der Waals surface area contributed by atoms with E-state index in [9.17, 15) is 4.79 Å². The maximum absolute atomic E-state index is 11.3. The van der Waals surface area contributed by atoms with Crippen molar-refractivity contribution >= 4 is 5.97 Å². The third kappa shape index (κ3) is 17.4. The van der Waals surface area contributed by atoms with Gasteiger partial charge in [0.2, 0.25) is 0 Å². The number of carbonyl (C=O) groups is 1. The minimum atomic E-state index is -0.0597. The molecule has 0 spiro atoms. The van der Waals surface area contributed by atoms with Gasteiger partial charge in [0, 0.05) is 6.42 Å². The monoisotopic (exact) mass is 299 g/mol. The van der Waals surface area contributed by atoms with Crippen LogP contribution < -0.4 is 5.73 Å². The molecule has 0 aromatic carbocycles. The molecule has 0 bridgehead atoms. The van der Waals surface area contributed by atoms with Gasteiger partial charge in [-0.15, -0.1) is 0 Å². The zero-order chi connectivity index (χ0) is 15.6. The van der Waals surface area contributed by atoms with E-state index in [2.05, 4.69) is 6.92 Å². The van der Waals surface area contributed by atoms with E-state index in [0.29, 0.717) is 19.6 Å². The molecule has 0 heterocycles. The van der Waals surface area contributed by atoms with Crippen LogP contribution in [0.25, 0.3) is 0 Å². The summed E-state index contributed by atoms with van der Waals surface area (Å²) in [6, 6.07) is 0. The highest BCUT2D eigenvalue weighted by molar-refractivity contribution is 5.69. The average molecular weight is 299 g/mol. The van der Waals surface area contributed by atoms with E-state index in [1.165, 1.54) is 64.2 Å². The molecule has 0 rings (SSSR count). The van der Waals surface area contributed by atoms with E-state index < -0.39 is 0 Å². The van der Waals surface area contributed by atoms with Gasteiger partial charge in [0.05, 0.1) is 6.61 Å². The standard InChI is InChI=1S/C18H37NO2/c1-2-3-4-5-6-7-8-9-10-11-14-17-21-18(20)15-12-13-16-19/h2-17,19H2,1H3. The second-order valence-electron chi connectivity index (χ2n) is 6.00. The number of rotatable bonds is 16. The van der Waals surface area contributed by atoms with E-state index in [1.807, 2.05) is 0 Å². The first-order chi connectivity index (χ1) is 10.3. The molecule has 0 radical (unpaired) electrons. The zero-order valence-electron chi connectivity index (χ0n) is 14.2. The van der Waals surface area contributed by atoms with Crippen molar-refractivity contribution in [1.82, 2.24) is 0 Å². The van der Waals surface area contributed by atoms with Crippen molar-refractivity contribution < 1.29 is 9.53 Å². The molecule has 0 saturated heterocycles. The zero-order valence-corrected chi connectivity index (χ0v) is 14.2. The van der Waals surface area contributed by atoms with Gasteiger partial charge >= 0.3 is 5.97 Å². The number of esters is 1. The fourth-order valence-electron chi connectivity index (χ4n) is 2.44. The number of nitrogens with two attached hydrogens (primary N) is 1. The number of hydrogen-bond acceptors (Lipinski definition) is 3. The molecule has 0 saturated carbocycles. The van der Waals surface area contributed by atoms with Gasteiger partial charge in [-0.1, -0.05) is 71.1 Å². The maximum Gasteiger partial charge on any atom is 0.305 e. The van der Waals surface area contributed by atoms with Gasteiger partial charge in [0.15, 0.2) is 0 Å². The Hall–Kier alpha value is -0.570. The summed E-state index contributed by atoms with van der Waals surface area (Å²) in [6.45, 7) is 3.52. The molecule has 2 N–H and O–H groups in total. The van der Waals surface area contributed by atoms with Crippen LogP contribution in [0.2, 0.25) is 0 Å². The molecule has 3 heteroatoms. The average Bonchev–Trinajstić information content (AvgIpc) is 2.48. The normalized spacial score (nSPS) is 10.8. The molecule has 0 fully saturated rings. The molecule has 0 atom stereocenters. The Kier molecular flexibility index (Phi) is 17.0. The highest BCUT2D eigenvalue weighted by atomic mass is 16.5. The van der Waals surface area contributed by atoms with E-state index >= 15 is 0 Å². The van der Waals surface area contributed by atoms with Crippen LogP contribution in [0, 0.1) is 0 Å². The predicted molar refractivity (Wildman–Crippen MR) is 90.3 cm³/mol. The smallest absolute Gasteiger partial charge is 0.305 e. The van der Waals surface area contributed by atoms with E-state index in [1.54, 1.807) is 0 Å². The lowest BCUT2D eigenvalue weighted by Crippen LogP contribution is -2.07. The molecule has 0 unspecified atom stereocenters. The molecule has 126 valence electrons. The van der Waals surface area contributed by atoms with Crippen LogP contribution in [0.5, 0.6) is 0 Å². The number of hydrogen-bond donors (Lipinski definition) is 1. The van der Waals surface area contributed by atoms with Crippen LogP contribution in [-0.2, 0) is 9.53 Å². The van der Waals surface area contributed by atoms with Crippen LogP contribution >= 0.6 is 0 Å². The van der Waals surface area contributed by atoms with E-state index in [4.69, 9.17) is 10.5 Å². The van der Waals surface area contributed by atoms with Crippen molar-refractivity contribution in [2.24, 2.45) is 5.73 Å². The predicted octanol–water partition coefficient (Wildman–Crippen LogP) is 4.97. The lowest BCUT2D eigenvalue weighted by molar-refractivity contribution is -0.143. The Morgan fingerprint density at radius 1 is 0.762 bits per heavy atom. The molecule has 21 heavy (non-hydrogen) atoms. The summed E-state index contributed by atoms with van der Waals surface area (Å²) in [5, 5.41) is 0. The summed E-state index contributed by atoms with van der Waals surface area (Å²) in [6.07, 6.45) is 16.8. The van der Waals surface area contributed by atoms with Crippen molar-refractivity contribution in [3.05, 3.63) is 0 Å². The van der Waals surface area contributed by atoms with Crippen LogP contribution in [0.4, 0.5) is 0 Å². The summed E-state index contributed by atoms with van der Waals surface area (Å²) < 4.78 is 5.19. The molecular formula is C18H37NO2. The van der Waals surface area contributed by atoms with E-state index in [-0.39, 0.29) is 5.97 Å². The quantitative estimate of drug-likeness (QED) is 0.323. The lowest BCUT2D eigenvalue weighted by atomic mass is 10.1. The Morgan fingerprint density at radius 3 is 1.81 bits per heavy atom. The van der Waals surface area contributed by atoms with Crippen molar-refractivity contribution in [3.8, 4) is 0 Å². The lowest BCUT2D eigenvalue weighted by Gasteiger charge is -2.05. The van der Waals surface area contributed by atoms with Gasteiger partial charge in [-0.2, -0.15) is 0 Å². The highest BCUT2D eigenvalue weighted by Crippen LogP contribution is 2.11. The Bertz CT molecular complexity index is 219. The van der Waals surface area contributed by atoms with Crippen molar-refractivity contribution in [2.45, 2.75) is 96.8 Å². The molecular weight excluding hydrogens is 262 g/mol. The SMILES string of the molecule is CCCCCCCCCCCCCOC(=O)CCCCN. The second-order valence-corrected chi connectivity index (χ2v) is 6.00. The van der Waals surface area contributed by atoms with Gasteiger partial charge < -0.3 is 10.5 Å². The van der Waals surface area contributed by atoms with Gasteiger partial charge in [-0.25, -0.2) is 0 Å². The molecule has 0 aliphatic carbocycles. The summed E-state index contributed by atoms with van der Waals surface area (Å²) in [5.74, 6) is -0.0597. The summed E-state index contributed by atoms with van der Waals surface area (Å²) in [7, 11) is 0. The summed E-state index contributed by atoms with van der Waals surface area (Å²) in [5.41, 5.74) is 5.38. The molecule has 0 aliphatic heterocycles. The Morgan fingerprint density at radius 2 is 1.29 bits per heavy atom. The molecule has 0 aromatic rings. The largest absolute Gasteiger partial charge is 0.466 e. The minimum Gasteiger partial charge on any atom is -0.466 e. The van der Waals surface area contributed by atoms with Gasteiger partial charge in [0.1, 0.15) is 0 Å². The fraction of sp³-hybridized carbons (Fsp3) is 0.944. The van der Waals surface area contributed by atoms with E-state index in [0.717, 1.165) is 19.3 Å². The third-order valence-electron chi connectivity index (χ3n) is 3.85. The topological polar surface area (TPSA) is 52.3 Å². The molecule has 0 aliphatic rings. The third-order valence-corrected chi connectivity index (χ3v) is 3.85. The molecule has 0 aromatic heterocycles. The molecule has 3 nitrogen and oxygen atoms in total. The van der Waals surface area contributed by atoms with Gasteiger partial charge in [0.25, 0.3) is 0 Å². The molecule has 0 amide bonds. The first-order valence-electron chi connectivity index (χ1n) is 9.17. The van der Waals surface area contributed by atoms with Crippen LogP contribution in [0.15, 0.2) is 0 Å². The number of ether oxygens (including phenoxy) is 1. The summed E-state index contributed by atoms with van der Waals surface area (Å²) >= 11 is 0. The Labute approximate surface area is 132 Å². The maximum atomic E-state index is 11.3. The van der Waals surface area contributed by atoms with Crippen LogP contribution in [0.1, 0.15) is 96.8 Å². The Balaban J connectivity index is 3.06. The first kappa shape index (κ1) is 20.4. The first-order valence-corrected chi connectivity index (χ1v) is 9.17. The second kappa shape index (κ2) is 17.5. The van der Waals surface area contributed by atoms with Crippen molar-refractivity contribution in [2.75, 3.05) is 13.2 Å².